The Morgan fingerprint density at radius 1 is 1.62 bits per heavy atom. The van der Waals surface area contributed by atoms with Gasteiger partial charge >= 0.3 is 0 Å². The molecule has 0 aromatic carbocycles. The van der Waals surface area contributed by atoms with Gasteiger partial charge in [-0.15, -0.1) is 0 Å². The molecule has 0 radical (unpaired) electrons. The number of H-pyrrole nitrogens is 1. The number of nitrogens with one attached hydrogen (secondary N) is 1. The Balaban J connectivity index is 3.16. The van der Waals surface area contributed by atoms with E-state index in [9.17, 15) is 8.42 Å². The van der Waals surface area contributed by atoms with E-state index in [2.05, 4.69) is 10.2 Å². The fraction of sp³-hybridized carbons (Fsp3) is 0.571. The third kappa shape index (κ3) is 1.73. The van der Waals surface area contributed by atoms with Crippen molar-refractivity contribution in [3.05, 3.63) is 11.9 Å². The van der Waals surface area contributed by atoms with Gasteiger partial charge in [-0.05, 0) is 6.92 Å². The van der Waals surface area contributed by atoms with Crippen LogP contribution in [0.4, 0.5) is 0 Å². The van der Waals surface area contributed by atoms with E-state index in [0.717, 1.165) is 0 Å². The third-order valence-electron chi connectivity index (χ3n) is 1.92. The van der Waals surface area contributed by atoms with E-state index in [1.165, 1.54) is 10.5 Å². The van der Waals surface area contributed by atoms with Crippen LogP contribution in [0.2, 0.25) is 0 Å². The second-order valence-corrected chi connectivity index (χ2v) is 4.79. The average Bonchev–Trinajstić information content (AvgIpc) is 2.50. The van der Waals surface area contributed by atoms with Crippen LogP contribution < -0.4 is 0 Å². The highest BCUT2D eigenvalue weighted by molar-refractivity contribution is 7.89. The molecule has 0 aliphatic rings. The van der Waals surface area contributed by atoms with Crippen LogP contribution >= 0.6 is 0 Å². The second kappa shape index (κ2) is 3.47. The zero-order valence-corrected chi connectivity index (χ0v) is 8.72. The molecule has 0 amide bonds. The molecule has 0 fully saturated rings. The molecule has 1 rings (SSSR count). The fourth-order valence-corrected chi connectivity index (χ4v) is 2.23. The van der Waals surface area contributed by atoms with Crippen LogP contribution in [0.1, 0.15) is 12.6 Å². The summed E-state index contributed by atoms with van der Waals surface area (Å²) in [7, 11) is -1.79. The summed E-state index contributed by atoms with van der Waals surface area (Å²) in [5.41, 5.74) is 0.570. The number of hydrogen-bond donors (Lipinski definition) is 1. The van der Waals surface area contributed by atoms with Crippen molar-refractivity contribution in [1.29, 1.82) is 0 Å². The maximum atomic E-state index is 11.7. The van der Waals surface area contributed by atoms with E-state index < -0.39 is 10.0 Å². The Bertz CT molecular complexity index is 382. The lowest BCUT2D eigenvalue weighted by Crippen LogP contribution is -2.26. The number of sulfonamides is 1. The van der Waals surface area contributed by atoms with Crippen LogP contribution in [0.25, 0.3) is 0 Å². The number of aromatic amines is 1. The Morgan fingerprint density at radius 3 is 2.62 bits per heavy atom. The fourth-order valence-electron chi connectivity index (χ4n) is 0.938. The molecule has 0 unspecified atom stereocenters. The van der Waals surface area contributed by atoms with Crippen molar-refractivity contribution in [2.45, 2.75) is 18.7 Å². The minimum atomic E-state index is -3.34. The number of nitrogens with zero attached hydrogens (tertiary/aromatic N) is 2. The molecule has 1 aromatic rings. The number of aryl methyl sites for hydroxylation is 1. The first-order valence-electron chi connectivity index (χ1n) is 3.96. The quantitative estimate of drug-likeness (QED) is 0.771. The lowest BCUT2D eigenvalue weighted by molar-refractivity contribution is 0.486. The Kier molecular flexibility index (Phi) is 2.72. The molecule has 0 aliphatic heterocycles. The van der Waals surface area contributed by atoms with Crippen molar-refractivity contribution >= 4 is 10.0 Å². The molecule has 0 spiro atoms. The van der Waals surface area contributed by atoms with Crippen LogP contribution in [-0.4, -0.2) is 36.5 Å². The number of hydrogen-bond acceptors (Lipinski definition) is 3. The van der Waals surface area contributed by atoms with Gasteiger partial charge in [0.1, 0.15) is 4.90 Å². The van der Waals surface area contributed by atoms with Crippen LogP contribution in [0.5, 0.6) is 0 Å². The maximum absolute atomic E-state index is 11.7. The SMILES string of the molecule is CCN(C)S(=O)(=O)c1cn[nH]c1C. The summed E-state index contributed by atoms with van der Waals surface area (Å²) in [5, 5.41) is 6.27. The lowest BCUT2D eigenvalue weighted by atomic mass is 10.5. The standard InChI is InChI=1S/C7H13N3O2S/c1-4-10(3)13(11,12)7-5-8-9-6(7)2/h5H,4H2,1-3H3,(H,8,9). The summed E-state index contributed by atoms with van der Waals surface area (Å²) in [6.07, 6.45) is 1.33. The van der Waals surface area contributed by atoms with Gasteiger partial charge in [0.15, 0.2) is 0 Å². The average molecular weight is 203 g/mol. The van der Waals surface area contributed by atoms with Crippen molar-refractivity contribution in [2.24, 2.45) is 0 Å². The molecule has 74 valence electrons. The largest absolute Gasteiger partial charge is 0.281 e. The lowest BCUT2D eigenvalue weighted by Gasteiger charge is -2.13. The topological polar surface area (TPSA) is 66.1 Å². The summed E-state index contributed by atoms with van der Waals surface area (Å²) in [5.74, 6) is 0. The molecule has 6 heteroatoms. The number of aromatic nitrogens is 2. The van der Waals surface area contributed by atoms with Gasteiger partial charge in [0.2, 0.25) is 10.0 Å². The van der Waals surface area contributed by atoms with Gasteiger partial charge in [-0.2, -0.15) is 5.10 Å². The Morgan fingerprint density at radius 2 is 2.23 bits per heavy atom. The van der Waals surface area contributed by atoms with Gasteiger partial charge in [-0.3, -0.25) is 5.10 Å². The Hall–Kier alpha value is -0.880. The van der Waals surface area contributed by atoms with Crippen molar-refractivity contribution in [2.75, 3.05) is 13.6 Å². The van der Waals surface area contributed by atoms with Gasteiger partial charge < -0.3 is 0 Å². The monoisotopic (exact) mass is 203 g/mol. The van der Waals surface area contributed by atoms with Gasteiger partial charge in [-0.1, -0.05) is 6.92 Å². The van der Waals surface area contributed by atoms with Crippen molar-refractivity contribution in [3.8, 4) is 0 Å². The van der Waals surface area contributed by atoms with E-state index in [4.69, 9.17) is 0 Å². The third-order valence-corrected chi connectivity index (χ3v) is 3.96. The first-order chi connectivity index (χ1) is 6.00. The van der Waals surface area contributed by atoms with Gasteiger partial charge in [-0.25, -0.2) is 12.7 Å². The van der Waals surface area contributed by atoms with Gasteiger partial charge in [0.05, 0.1) is 11.9 Å². The van der Waals surface area contributed by atoms with Crippen molar-refractivity contribution in [1.82, 2.24) is 14.5 Å². The van der Waals surface area contributed by atoms with Crippen molar-refractivity contribution in [3.63, 3.8) is 0 Å². The van der Waals surface area contributed by atoms with Crippen LogP contribution in [0.15, 0.2) is 11.1 Å². The van der Waals surface area contributed by atoms with Gasteiger partial charge in [0.25, 0.3) is 0 Å². The molecule has 1 heterocycles. The molecule has 13 heavy (non-hydrogen) atoms. The maximum Gasteiger partial charge on any atom is 0.246 e. The summed E-state index contributed by atoms with van der Waals surface area (Å²) in [6.45, 7) is 3.92. The molecule has 0 aliphatic carbocycles. The first-order valence-corrected chi connectivity index (χ1v) is 5.40. The highest BCUT2D eigenvalue weighted by Gasteiger charge is 2.22. The molecular formula is C7H13N3O2S. The van der Waals surface area contributed by atoms with Crippen LogP contribution in [0, 0.1) is 6.92 Å². The molecule has 0 saturated carbocycles. The molecule has 1 aromatic heterocycles. The van der Waals surface area contributed by atoms with E-state index in [1.54, 1.807) is 20.9 Å². The summed E-state index contributed by atoms with van der Waals surface area (Å²) in [4.78, 5) is 0.247. The molecule has 1 N–H and O–H groups in total. The minimum Gasteiger partial charge on any atom is -0.281 e. The zero-order valence-electron chi connectivity index (χ0n) is 7.90. The van der Waals surface area contributed by atoms with Crippen LogP contribution in [-0.2, 0) is 10.0 Å². The van der Waals surface area contributed by atoms with E-state index >= 15 is 0 Å². The second-order valence-electron chi connectivity index (χ2n) is 2.78. The summed E-state index contributed by atoms with van der Waals surface area (Å²) in [6, 6.07) is 0. The van der Waals surface area contributed by atoms with E-state index in [1.807, 2.05) is 0 Å². The number of rotatable bonds is 3. The van der Waals surface area contributed by atoms with E-state index in [0.29, 0.717) is 12.2 Å². The first kappa shape index (κ1) is 10.2. The molecule has 0 saturated heterocycles. The van der Waals surface area contributed by atoms with E-state index in [-0.39, 0.29) is 4.90 Å². The highest BCUT2D eigenvalue weighted by atomic mass is 32.2. The highest BCUT2D eigenvalue weighted by Crippen LogP contribution is 2.15. The predicted molar refractivity (Wildman–Crippen MR) is 48.8 cm³/mol. The van der Waals surface area contributed by atoms with Crippen molar-refractivity contribution < 1.29 is 8.42 Å². The summed E-state index contributed by atoms with van der Waals surface area (Å²) < 4.78 is 24.7. The minimum absolute atomic E-state index is 0.247. The van der Waals surface area contributed by atoms with Gasteiger partial charge in [0, 0.05) is 13.6 Å². The molecule has 0 bridgehead atoms. The zero-order chi connectivity index (χ0) is 10.1. The summed E-state index contributed by atoms with van der Waals surface area (Å²) >= 11 is 0. The molecule has 0 atom stereocenters. The predicted octanol–water partition coefficient (Wildman–Crippen LogP) is 0.359. The molecular weight excluding hydrogens is 190 g/mol. The normalized spacial score (nSPS) is 12.3. The smallest absolute Gasteiger partial charge is 0.246 e. The molecule has 5 nitrogen and oxygen atoms in total. The van der Waals surface area contributed by atoms with Crippen LogP contribution in [0.3, 0.4) is 0 Å². The Labute approximate surface area is 77.8 Å².